The number of aliphatic hydroxyl groups is 1. The monoisotopic (exact) mass is 314 g/mol. The van der Waals surface area contributed by atoms with Crippen molar-refractivity contribution in [3.05, 3.63) is 21.9 Å². The molecule has 7 heteroatoms. The lowest BCUT2D eigenvalue weighted by Crippen LogP contribution is -2.43. The first-order valence-electron chi connectivity index (χ1n) is 6.54. The van der Waals surface area contributed by atoms with E-state index < -0.39 is 10.2 Å². The van der Waals surface area contributed by atoms with Crippen LogP contribution in [-0.4, -0.2) is 37.5 Å². The average Bonchev–Trinajstić information content (AvgIpc) is 2.92. The highest BCUT2D eigenvalue weighted by Gasteiger charge is 2.23. The van der Waals surface area contributed by atoms with Gasteiger partial charge >= 0.3 is 0 Å². The third-order valence-corrected chi connectivity index (χ3v) is 5.54. The van der Waals surface area contributed by atoms with E-state index in [0.29, 0.717) is 13.1 Å². The number of nitrogens with zero attached hydrogens (tertiary/aromatic N) is 1. The minimum atomic E-state index is -3.38. The summed E-state index contributed by atoms with van der Waals surface area (Å²) in [6.07, 6.45) is 2.96. The molecule has 0 amide bonds. The van der Waals surface area contributed by atoms with Crippen LogP contribution in [0.2, 0.25) is 0 Å². The molecule has 0 aromatic carbocycles. The summed E-state index contributed by atoms with van der Waals surface area (Å²) in [4.78, 5) is 0.910. The Morgan fingerprint density at radius 2 is 2.10 bits per heavy atom. The van der Waals surface area contributed by atoms with Crippen LogP contribution in [0, 0.1) is 11.8 Å². The van der Waals surface area contributed by atoms with Gasteiger partial charge in [0.25, 0.3) is 10.2 Å². The zero-order valence-corrected chi connectivity index (χ0v) is 12.8. The van der Waals surface area contributed by atoms with E-state index in [-0.39, 0.29) is 13.2 Å². The van der Waals surface area contributed by atoms with Crippen molar-refractivity contribution in [2.45, 2.75) is 25.8 Å². The van der Waals surface area contributed by atoms with Gasteiger partial charge in [-0.25, -0.2) is 0 Å². The Bertz CT molecular complexity index is 593. The van der Waals surface area contributed by atoms with Crippen molar-refractivity contribution in [3.63, 3.8) is 0 Å². The molecule has 5 nitrogen and oxygen atoms in total. The molecule has 1 aromatic heterocycles. The topological polar surface area (TPSA) is 69.6 Å². The van der Waals surface area contributed by atoms with Crippen LogP contribution in [0.15, 0.2) is 11.4 Å². The third kappa shape index (κ3) is 4.30. The maximum Gasteiger partial charge on any atom is 0.279 e. The molecule has 2 rings (SSSR count). The van der Waals surface area contributed by atoms with Crippen LogP contribution in [0.3, 0.4) is 0 Å². The quantitative estimate of drug-likeness (QED) is 0.812. The molecule has 0 unspecified atom stereocenters. The van der Waals surface area contributed by atoms with Crippen LogP contribution in [0.4, 0.5) is 0 Å². The van der Waals surface area contributed by atoms with Gasteiger partial charge in [-0.1, -0.05) is 18.3 Å². The molecule has 2 N–H and O–H groups in total. The minimum Gasteiger partial charge on any atom is -0.384 e. The van der Waals surface area contributed by atoms with Gasteiger partial charge < -0.3 is 5.11 Å². The third-order valence-electron chi connectivity index (χ3n) is 3.05. The number of rotatable bonds is 4. The molecule has 1 fully saturated rings. The smallest absolute Gasteiger partial charge is 0.279 e. The molecule has 110 valence electrons. The second kappa shape index (κ2) is 7.20. The number of hydrogen-bond donors (Lipinski definition) is 2. The highest BCUT2D eigenvalue weighted by molar-refractivity contribution is 7.87. The second-order valence-corrected chi connectivity index (χ2v) is 7.30. The molecule has 0 spiro atoms. The molecule has 0 saturated carbocycles. The lowest BCUT2D eigenvalue weighted by Gasteiger charge is -2.25. The Kier molecular flexibility index (Phi) is 5.57. The van der Waals surface area contributed by atoms with E-state index in [9.17, 15) is 8.42 Å². The fourth-order valence-corrected chi connectivity index (χ4v) is 4.15. The molecule has 0 bridgehead atoms. The van der Waals surface area contributed by atoms with Gasteiger partial charge in [-0.3, -0.25) is 0 Å². The van der Waals surface area contributed by atoms with Crippen LogP contribution in [0.25, 0.3) is 0 Å². The van der Waals surface area contributed by atoms with Gasteiger partial charge in [0, 0.05) is 35.5 Å². The molecule has 2 heterocycles. The number of hydrogen-bond acceptors (Lipinski definition) is 4. The summed E-state index contributed by atoms with van der Waals surface area (Å²) >= 11 is 1.46. The van der Waals surface area contributed by atoms with Crippen molar-refractivity contribution in [1.29, 1.82) is 0 Å². The first-order valence-corrected chi connectivity index (χ1v) is 8.85. The molecule has 1 aromatic rings. The maximum atomic E-state index is 12.1. The van der Waals surface area contributed by atoms with E-state index >= 15 is 0 Å². The summed E-state index contributed by atoms with van der Waals surface area (Å²) < 4.78 is 28.3. The molecule has 0 radical (unpaired) electrons. The van der Waals surface area contributed by atoms with Gasteiger partial charge in [0.1, 0.15) is 6.61 Å². The SMILES string of the molecule is O=S(=O)(NCc1cc(C#CCO)cs1)N1CCCCC1. The standard InChI is InChI=1S/C13H18N2O3S2/c16-8-4-5-12-9-13(19-11-12)10-14-20(17,18)15-6-2-1-3-7-15/h9,11,14,16H,1-3,6-8,10H2. The Morgan fingerprint density at radius 1 is 1.35 bits per heavy atom. The second-order valence-electron chi connectivity index (χ2n) is 4.55. The van der Waals surface area contributed by atoms with E-state index in [1.165, 1.54) is 15.6 Å². The lowest BCUT2D eigenvalue weighted by atomic mass is 10.2. The molecule has 1 saturated heterocycles. The minimum absolute atomic E-state index is 0.174. The predicted molar refractivity (Wildman–Crippen MR) is 79.5 cm³/mol. The summed E-state index contributed by atoms with van der Waals surface area (Å²) in [5, 5.41) is 10.5. The summed E-state index contributed by atoms with van der Waals surface area (Å²) in [5.74, 6) is 5.37. The first-order chi connectivity index (χ1) is 9.62. The Labute approximate surface area is 123 Å². The van der Waals surface area contributed by atoms with Gasteiger partial charge in [0.2, 0.25) is 0 Å². The van der Waals surface area contributed by atoms with Gasteiger partial charge in [0.15, 0.2) is 0 Å². The van der Waals surface area contributed by atoms with Crippen molar-refractivity contribution in [1.82, 2.24) is 9.03 Å². The highest BCUT2D eigenvalue weighted by atomic mass is 32.2. The maximum absolute atomic E-state index is 12.1. The van der Waals surface area contributed by atoms with Crippen molar-refractivity contribution in [2.75, 3.05) is 19.7 Å². The summed E-state index contributed by atoms with van der Waals surface area (Å²) in [6, 6.07) is 1.84. The predicted octanol–water partition coefficient (Wildman–Crippen LogP) is 0.912. The summed E-state index contributed by atoms with van der Waals surface area (Å²) in [5.41, 5.74) is 0.802. The van der Waals surface area contributed by atoms with Crippen LogP contribution >= 0.6 is 11.3 Å². The van der Waals surface area contributed by atoms with Crippen LogP contribution in [0.1, 0.15) is 29.7 Å². The molecule has 0 atom stereocenters. The van der Waals surface area contributed by atoms with E-state index in [2.05, 4.69) is 16.6 Å². The zero-order chi connectivity index (χ0) is 14.4. The molecule has 1 aliphatic heterocycles. The fraction of sp³-hybridized carbons (Fsp3) is 0.538. The van der Waals surface area contributed by atoms with Crippen molar-refractivity contribution in [3.8, 4) is 11.8 Å². The fourth-order valence-electron chi connectivity index (χ4n) is 2.04. The van der Waals surface area contributed by atoms with E-state index in [4.69, 9.17) is 5.11 Å². The summed E-state index contributed by atoms with van der Waals surface area (Å²) in [6.45, 7) is 1.32. The first kappa shape index (κ1) is 15.5. The van der Waals surface area contributed by atoms with E-state index in [1.807, 2.05) is 11.4 Å². The summed E-state index contributed by atoms with van der Waals surface area (Å²) in [7, 11) is -3.38. The lowest BCUT2D eigenvalue weighted by molar-refractivity contribution is 0.341. The van der Waals surface area contributed by atoms with Gasteiger partial charge in [-0.2, -0.15) is 17.4 Å². The van der Waals surface area contributed by atoms with Crippen LogP contribution < -0.4 is 4.72 Å². The Morgan fingerprint density at radius 3 is 2.80 bits per heavy atom. The van der Waals surface area contributed by atoms with Gasteiger partial charge in [0.05, 0.1) is 0 Å². The molecule has 20 heavy (non-hydrogen) atoms. The van der Waals surface area contributed by atoms with Gasteiger partial charge in [-0.15, -0.1) is 11.3 Å². The van der Waals surface area contributed by atoms with Crippen molar-refractivity contribution < 1.29 is 13.5 Å². The Hall–Kier alpha value is -0.910. The van der Waals surface area contributed by atoms with Crippen molar-refractivity contribution >= 4 is 21.5 Å². The largest absolute Gasteiger partial charge is 0.384 e. The number of nitrogens with one attached hydrogen (secondary N) is 1. The van der Waals surface area contributed by atoms with Crippen LogP contribution in [-0.2, 0) is 16.8 Å². The van der Waals surface area contributed by atoms with Crippen molar-refractivity contribution in [2.24, 2.45) is 0 Å². The average molecular weight is 314 g/mol. The zero-order valence-electron chi connectivity index (χ0n) is 11.1. The number of piperidine rings is 1. The Balaban J connectivity index is 1.92. The number of thiophene rings is 1. The molecule has 0 aliphatic carbocycles. The normalized spacial score (nSPS) is 16.6. The van der Waals surface area contributed by atoms with Gasteiger partial charge in [-0.05, 0) is 18.9 Å². The molecular weight excluding hydrogens is 296 g/mol. The highest BCUT2D eigenvalue weighted by Crippen LogP contribution is 2.16. The van der Waals surface area contributed by atoms with E-state index in [0.717, 1.165) is 29.7 Å². The van der Waals surface area contributed by atoms with Crippen LogP contribution in [0.5, 0.6) is 0 Å². The molecule has 1 aliphatic rings. The molecular formula is C13H18N2O3S2. The number of aliphatic hydroxyl groups excluding tert-OH is 1. The van der Waals surface area contributed by atoms with E-state index in [1.54, 1.807) is 0 Å².